The van der Waals surface area contributed by atoms with Crippen LogP contribution in [-0.2, 0) is 14.3 Å². The molecule has 0 aromatic rings. The molecule has 0 aromatic carbocycles. The number of carbonyl (C=O) groups excluding carboxylic acids is 1. The van der Waals surface area contributed by atoms with Crippen LogP contribution in [0.3, 0.4) is 0 Å². The fourth-order valence-electron chi connectivity index (χ4n) is 2.23. The topological polar surface area (TPSA) is 50.8 Å². The smallest absolute Gasteiger partial charge is 0.323 e. The molecule has 0 aliphatic carbocycles. The molecule has 0 fully saturated rings. The monoisotopic (exact) mass is 302 g/mol. The minimum atomic E-state index is -0.237. The first kappa shape index (κ1) is 20.3. The summed E-state index contributed by atoms with van der Waals surface area (Å²) >= 11 is 0. The van der Waals surface area contributed by atoms with Crippen molar-refractivity contribution in [3.63, 3.8) is 0 Å². The number of methoxy groups -OCH3 is 1. The second kappa shape index (κ2) is 12.0. The molecular weight excluding hydrogens is 268 g/mol. The molecule has 0 aliphatic rings. The van der Waals surface area contributed by atoms with Gasteiger partial charge in [0.2, 0.25) is 0 Å². The Bertz CT molecular complexity index is 272. The third-order valence-electron chi connectivity index (χ3n) is 3.61. The first-order valence-corrected chi connectivity index (χ1v) is 8.11. The second-order valence-corrected chi connectivity index (χ2v) is 5.70. The molecule has 0 saturated heterocycles. The van der Waals surface area contributed by atoms with E-state index >= 15 is 0 Å². The third-order valence-corrected chi connectivity index (χ3v) is 3.61. The summed E-state index contributed by atoms with van der Waals surface area (Å²) in [5, 5.41) is 3.30. The normalized spacial score (nSPS) is 14.5. The summed E-state index contributed by atoms with van der Waals surface area (Å²) < 4.78 is 10.3. The number of rotatable bonds is 12. The maximum absolute atomic E-state index is 12.0. The van der Waals surface area contributed by atoms with Crippen LogP contribution in [0.5, 0.6) is 0 Å². The van der Waals surface area contributed by atoms with Crippen molar-refractivity contribution >= 4 is 5.97 Å². The number of hydrogen-bond acceptors (Lipinski definition) is 5. The fraction of sp³-hybridized carbons (Fsp3) is 0.938. The molecule has 126 valence electrons. The number of nitrogens with zero attached hydrogens (tertiary/aromatic N) is 1. The van der Waals surface area contributed by atoms with Crippen LogP contribution in [0.2, 0.25) is 0 Å². The van der Waals surface area contributed by atoms with Gasteiger partial charge in [0.25, 0.3) is 0 Å². The Labute approximate surface area is 130 Å². The van der Waals surface area contributed by atoms with Gasteiger partial charge in [0.1, 0.15) is 6.04 Å². The predicted molar refractivity (Wildman–Crippen MR) is 86.5 cm³/mol. The zero-order valence-corrected chi connectivity index (χ0v) is 14.6. The summed E-state index contributed by atoms with van der Waals surface area (Å²) in [7, 11) is 1.72. The number of carbonyl (C=O) groups is 1. The molecule has 0 rings (SSSR count). The van der Waals surface area contributed by atoms with Crippen molar-refractivity contribution in [2.75, 3.05) is 33.4 Å². The van der Waals surface area contributed by atoms with Gasteiger partial charge in [-0.3, -0.25) is 9.69 Å². The Morgan fingerprint density at radius 2 is 1.86 bits per heavy atom. The molecule has 0 amide bonds. The zero-order chi connectivity index (χ0) is 16.3. The Hall–Kier alpha value is -0.650. The van der Waals surface area contributed by atoms with Gasteiger partial charge in [-0.05, 0) is 26.7 Å². The summed E-state index contributed by atoms with van der Waals surface area (Å²) in [6.45, 7) is 13.2. The fourth-order valence-corrected chi connectivity index (χ4v) is 2.23. The van der Waals surface area contributed by atoms with Crippen LogP contribution in [0.25, 0.3) is 0 Å². The van der Waals surface area contributed by atoms with Crippen LogP contribution in [0.1, 0.15) is 47.5 Å². The number of nitrogens with one attached hydrogen (secondary N) is 1. The molecule has 0 bridgehead atoms. The van der Waals surface area contributed by atoms with Crippen molar-refractivity contribution in [1.82, 2.24) is 10.2 Å². The van der Waals surface area contributed by atoms with Gasteiger partial charge < -0.3 is 14.8 Å². The molecule has 2 unspecified atom stereocenters. The molecule has 2 atom stereocenters. The van der Waals surface area contributed by atoms with E-state index in [9.17, 15) is 4.79 Å². The van der Waals surface area contributed by atoms with Crippen LogP contribution in [-0.4, -0.2) is 62.4 Å². The third kappa shape index (κ3) is 9.06. The zero-order valence-electron chi connectivity index (χ0n) is 14.6. The van der Waals surface area contributed by atoms with Gasteiger partial charge in [-0.2, -0.15) is 0 Å². The number of hydrogen-bond donors (Lipinski definition) is 1. The van der Waals surface area contributed by atoms with E-state index in [4.69, 9.17) is 9.47 Å². The highest BCUT2D eigenvalue weighted by Gasteiger charge is 2.22. The average molecular weight is 302 g/mol. The summed E-state index contributed by atoms with van der Waals surface area (Å²) in [4.78, 5) is 14.4. The van der Waals surface area contributed by atoms with Crippen LogP contribution >= 0.6 is 0 Å². The van der Waals surface area contributed by atoms with Gasteiger partial charge in [-0.1, -0.05) is 20.8 Å². The molecule has 21 heavy (non-hydrogen) atoms. The lowest BCUT2D eigenvalue weighted by molar-refractivity contribution is -0.146. The van der Waals surface area contributed by atoms with E-state index in [0.717, 1.165) is 25.9 Å². The largest absolute Gasteiger partial charge is 0.465 e. The highest BCUT2D eigenvalue weighted by Crippen LogP contribution is 2.07. The van der Waals surface area contributed by atoms with Crippen molar-refractivity contribution in [2.24, 2.45) is 0 Å². The first-order valence-electron chi connectivity index (χ1n) is 8.11. The van der Waals surface area contributed by atoms with Gasteiger partial charge in [-0.15, -0.1) is 0 Å². The molecule has 5 heteroatoms. The number of esters is 1. The van der Waals surface area contributed by atoms with E-state index in [1.165, 1.54) is 0 Å². The molecule has 0 heterocycles. The predicted octanol–water partition coefficient (Wildman–Crippen LogP) is 2.05. The first-order chi connectivity index (χ1) is 9.96. The van der Waals surface area contributed by atoms with Gasteiger partial charge in [0.05, 0.1) is 13.2 Å². The maximum Gasteiger partial charge on any atom is 0.323 e. The minimum absolute atomic E-state index is 0.151. The Kier molecular flexibility index (Phi) is 11.6. The van der Waals surface area contributed by atoms with Crippen molar-refractivity contribution < 1.29 is 14.3 Å². The second-order valence-electron chi connectivity index (χ2n) is 5.70. The van der Waals surface area contributed by atoms with E-state index in [2.05, 4.69) is 24.1 Å². The van der Waals surface area contributed by atoms with Crippen LogP contribution in [0.4, 0.5) is 0 Å². The van der Waals surface area contributed by atoms with Gasteiger partial charge in [-0.25, -0.2) is 0 Å². The number of ether oxygens (including phenoxy) is 2. The Morgan fingerprint density at radius 1 is 1.19 bits per heavy atom. The molecule has 0 aromatic heterocycles. The van der Waals surface area contributed by atoms with Crippen molar-refractivity contribution in [2.45, 2.75) is 65.6 Å². The van der Waals surface area contributed by atoms with Crippen LogP contribution < -0.4 is 5.32 Å². The molecule has 5 nitrogen and oxygen atoms in total. The summed E-state index contributed by atoms with van der Waals surface area (Å²) in [5.74, 6) is -0.151. The lowest BCUT2D eigenvalue weighted by Crippen LogP contribution is -2.45. The van der Waals surface area contributed by atoms with E-state index in [1.807, 2.05) is 20.8 Å². The van der Waals surface area contributed by atoms with E-state index in [-0.39, 0.29) is 18.1 Å². The quantitative estimate of drug-likeness (QED) is 0.559. The van der Waals surface area contributed by atoms with Crippen molar-refractivity contribution in [1.29, 1.82) is 0 Å². The van der Waals surface area contributed by atoms with Crippen LogP contribution in [0, 0.1) is 0 Å². The molecule has 0 spiro atoms. The summed E-state index contributed by atoms with van der Waals surface area (Å²) in [6.07, 6.45) is 1.84. The van der Waals surface area contributed by atoms with Gasteiger partial charge in [0, 0.05) is 32.3 Å². The minimum Gasteiger partial charge on any atom is -0.465 e. The van der Waals surface area contributed by atoms with E-state index < -0.39 is 0 Å². The molecule has 0 radical (unpaired) electrons. The molecular formula is C16H34N2O3. The molecule has 0 aliphatic heterocycles. The Morgan fingerprint density at radius 3 is 2.33 bits per heavy atom. The molecule has 1 N–H and O–H groups in total. The van der Waals surface area contributed by atoms with Crippen molar-refractivity contribution in [3.05, 3.63) is 0 Å². The van der Waals surface area contributed by atoms with Crippen molar-refractivity contribution in [3.8, 4) is 0 Å². The van der Waals surface area contributed by atoms with Gasteiger partial charge in [0.15, 0.2) is 0 Å². The average Bonchev–Trinajstić information content (AvgIpc) is 2.45. The standard InChI is InChI=1S/C16H34N2O3/c1-7-14(5)18(11-12-20-6)10-9-15(17-13(3)4)16(19)21-8-2/h13-15,17H,7-12H2,1-6H3. The van der Waals surface area contributed by atoms with Gasteiger partial charge >= 0.3 is 5.97 Å². The van der Waals surface area contributed by atoms with Crippen LogP contribution in [0.15, 0.2) is 0 Å². The SMILES string of the molecule is CCOC(=O)C(CCN(CCOC)C(C)CC)NC(C)C. The highest BCUT2D eigenvalue weighted by molar-refractivity contribution is 5.75. The molecule has 0 saturated carbocycles. The lowest BCUT2D eigenvalue weighted by atomic mass is 10.1. The highest BCUT2D eigenvalue weighted by atomic mass is 16.5. The summed E-state index contributed by atoms with van der Waals surface area (Å²) in [5.41, 5.74) is 0. The lowest BCUT2D eigenvalue weighted by Gasteiger charge is -2.30. The maximum atomic E-state index is 12.0. The van der Waals surface area contributed by atoms with E-state index in [1.54, 1.807) is 7.11 Å². The van der Waals surface area contributed by atoms with E-state index in [0.29, 0.717) is 19.3 Å². The summed E-state index contributed by atoms with van der Waals surface area (Å²) in [6, 6.07) is 0.511. The Balaban J connectivity index is 4.53.